The number of halogens is 1. The van der Waals surface area contributed by atoms with E-state index >= 15 is 0 Å². The van der Waals surface area contributed by atoms with Crippen LogP contribution in [0.5, 0.6) is 11.5 Å². The van der Waals surface area contributed by atoms with Crippen molar-refractivity contribution in [3.8, 4) is 33.8 Å². The van der Waals surface area contributed by atoms with Gasteiger partial charge in [-0.25, -0.2) is 4.79 Å². The van der Waals surface area contributed by atoms with E-state index in [-0.39, 0.29) is 46.6 Å². The summed E-state index contributed by atoms with van der Waals surface area (Å²) in [5, 5.41) is 44.0. The molecule has 1 aliphatic rings. The summed E-state index contributed by atoms with van der Waals surface area (Å²) in [6.45, 7) is 1.64. The summed E-state index contributed by atoms with van der Waals surface area (Å²) in [5.41, 5.74) is 19.6. The van der Waals surface area contributed by atoms with E-state index < -0.39 is 96.5 Å². The lowest BCUT2D eigenvalue weighted by Crippen LogP contribution is -2.58. The second kappa shape index (κ2) is 23.4. The molecule has 0 unspecified atom stereocenters. The fourth-order valence-electron chi connectivity index (χ4n) is 7.37. The molecule has 4 aromatic carbocycles. The molecule has 14 N–H and O–H groups in total. The van der Waals surface area contributed by atoms with Gasteiger partial charge in [0.2, 0.25) is 29.5 Å². The molecule has 6 amide bonds. The second-order valence-electron chi connectivity index (χ2n) is 16.2. The Morgan fingerprint density at radius 2 is 1.40 bits per heavy atom. The summed E-state index contributed by atoms with van der Waals surface area (Å²) in [6, 6.07) is 16.6. The number of ketones is 1. The Balaban J connectivity index is 1.43. The van der Waals surface area contributed by atoms with E-state index in [2.05, 4.69) is 21.3 Å². The van der Waals surface area contributed by atoms with Crippen LogP contribution < -0.4 is 43.8 Å². The number of aromatic hydroxyl groups is 2. The van der Waals surface area contributed by atoms with Gasteiger partial charge in [0.15, 0.2) is 11.9 Å². The standard InChI is InChI=1S/C47H54ClN9O11/c1-24-42(62)54-34(44(64)56-40(50)37(60)18-19-38(61)55-41(51)47(67)68)22-25-6-16-35(58)31(21-25)32-23-29(13-17-36(32)59)39(45(65)52-24)57(2)46(66)33(5-3-4-20-49)53-43(63)28-9-7-26(8-10-28)27-11-14-30(48)15-12-27/h6-17,21,23-24,33-34,39-41,58-59H,3-5,18-20,22,49-51H2,1-2H3,(H,52,65)(H,53,63)(H,54,62)(H,55,61)(H,56,64)(H,67,68)/t24-,33-,34-,39-,40+,41+/m0/s1. The number of Topliss-reactive ketones (excluding diaryl/α,β-unsaturated/α-hetero) is 1. The molecule has 6 atom stereocenters. The molecular weight excluding hydrogens is 902 g/mol. The number of hydrogen-bond donors (Lipinski definition) is 11. The summed E-state index contributed by atoms with van der Waals surface area (Å²) < 4.78 is 0. The number of aliphatic carboxylic acids is 1. The minimum Gasteiger partial charge on any atom is -0.507 e. The summed E-state index contributed by atoms with van der Waals surface area (Å²) in [7, 11) is 1.34. The Kier molecular flexibility index (Phi) is 17.7. The number of likely N-dealkylation sites (N-methyl/N-ethyl adjacent to an activating group) is 1. The molecule has 1 heterocycles. The highest BCUT2D eigenvalue weighted by Gasteiger charge is 2.36. The minimum atomic E-state index is -1.71. The molecule has 68 heavy (non-hydrogen) atoms. The molecule has 0 spiro atoms. The highest BCUT2D eigenvalue weighted by atomic mass is 35.5. The number of hydrogen-bond acceptors (Lipinski definition) is 13. The molecule has 20 nitrogen and oxygen atoms in total. The first-order valence-corrected chi connectivity index (χ1v) is 21.9. The van der Waals surface area contributed by atoms with E-state index in [1.54, 1.807) is 36.4 Å². The zero-order valence-corrected chi connectivity index (χ0v) is 37.9. The summed E-state index contributed by atoms with van der Waals surface area (Å²) in [6.07, 6.45) is -3.58. The number of carboxylic acids is 1. The molecule has 21 heteroatoms. The van der Waals surface area contributed by atoms with Crippen LogP contribution in [-0.2, 0) is 40.0 Å². The lowest BCUT2D eigenvalue weighted by Gasteiger charge is -2.32. The van der Waals surface area contributed by atoms with Gasteiger partial charge in [0.25, 0.3) is 5.91 Å². The summed E-state index contributed by atoms with van der Waals surface area (Å²) in [4.78, 5) is 107. The number of carboxylic acid groups (broad SMARTS) is 1. The number of carbonyl (C=O) groups excluding carboxylic acids is 7. The van der Waals surface area contributed by atoms with Gasteiger partial charge in [0, 0.05) is 48.0 Å². The molecule has 4 bridgehead atoms. The van der Waals surface area contributed by atoms with Crippen molar-refractivity contribution in [1.82, 2.24) is 31.5 Å². The Hall–Kier alpha value is -7.39. The maximum absolute atomic E-state index is 14.6. The van der Waals surface area contributed by atoms with Gasteiger partial charge in [0.05, 0.1) is 0 Å². The molecule has 0 fully saturated rings. The highest BCUT2D eigenvalue weighted by molar-refractivity contribution is 6.30. The van der Waals surface area contributed by atoms with Gasteiger partial charge in [-0.1, -0.05) is 48.0 Å². The third-order valence-electron chi connectivity index (χ3n) is 11.2. The summed E-state index contributed by atoms with van der Waals surface area (Å²) >= 11 is 6.04. The third-order valence-corrected chi connectivity index (χ3v) is 11.4. The number of unbranched alkanes of at least 4 members (excludes halogenated alkanes) is 1. The number of nitrogens with zero attached hydrogens (tertiary/aromatic N) is 1. The number of benzene rings is 4. The highest BCUT2D eigenvalue weighted by Crippen LogP contribution is 2.39. The molecule has 0 aromatic heterocycles. The van der Waals surface area contributed by atoms with Crippen molar-refractivity contribution in [2.24, 2.45) is 17.2 Å². The number of amides is 6. The molecule has 0 saturated carbocycles. The van der Waals surface area contributed by atoms with Crippen LogP contribution in [0.1, 0.15) is 66.6 Å². The van der Waals surface area contributed by atoms with Gasteiger partial charge in [-0.05, 0) is 104 Å². The number of phenols is 2. The number of carbonyl (C=O) groups is 8. The van der Waals surface area contributed by atoms with Crippen molar-refractivity contribution in [3.63, 3.8) is 0 Å². The monoisotopic (exact) mass is 955 g/mol. The molecule has 5 rings (SSSR count). The fraction of sp³-hybridized carbons (Fsp3) is 0.319. The van der Waals surface area contributed by atoms with E-state index in [9.17, 15) is 48.6 Å². The van der Waals surface area contributed by atoms with Crippen molar-refractivity contribution < 1.29 is 53.7 Å². The number of nitrogens with two attached hydrogens (primary N) is 3. The normalized spacial score (nSPS) is 17.2. The maximum atomic E-state index is 14.6. The van der Waals surface area contributed by atoms with E-state index in [1.165, 1.54) is 50.4 Å². The van der Waals surface area contributed by atoms with Crippen LogP contribution in [0, 0.1) is 0 Å². The number of fused-ring (bicyclic) bond motifs is 5. The lowest BCUT2D eigenvalue weighted by atomic mass is 9.93. The lowest BCUT2D eigenvalue weighted by molar-refractivity contribution is -0.141. The van der Waals surface area contributed by atoms with Crippen molar-refractivity contribution in [3.05, 3.63) is 107 Å². The smallest absolute Gasteiger partial charge is 0.341 e. The summed E-state index contributed by atoms with van der Waals surface area (Å²) in [5.74, 6) is -7.76. The van der Waals surface area contributed by atoms with Crippen LogP contribution in [0.25, 0.3) is 22.3 Å². The van der Waals surface area contributed by atoms with Crippen LogP contribution in [0.15, 0.2) is 84.9 Å². The molecule has 4 aromatic rings. The van der Waals surface area contributed by atoms with Gasteiger partial charge < -0.3 is 64.0 Å². The Morgan fingerprint density at radius 3 is 2.03 bits per heavy atom. The van der Waals surface area contributed by atoms with E-state index in [1.807, 2.05) is 17.4 Å². The first kappa shape index (κ1) is 51.6. The molecule has 0 radical (unpaired) electrons. The van der Waals surface area contributed by atoms with Crippen molar-refractivity contribution >= 4 is 58.8 Å². The van der Waals surface area contributed by atoms with Gasteiger partial charge >= 0.3 is 5.97 Å². The van der Waals surface area contributed by atoms with Crippen LogP contribution in [0.4, 0.5) is 0 Å². The molecule has 0 saturated heterocycles. The molecule has 1 aliphatic heterocycles. The SMILES string of the molecule is C[C@@H]1NC(=O)[C@@H](N(C)C(=O)[C@H](CCCCN)NC(=O)c2ccc(-c3ccc(Cl)cc3)cc2)c2ccc(O)c(c2)-c2cc(ccc2O)C[C@@H](C(=O)N[C@@H](N)C(=O)CCC(=O)N[C@@H](N)C(=O)O)NC1=O. The number of rotatable bonds is 17. The second-order valence-corrected chi connectivity index (χ2v) is 16.6. The first-order valence-electron chi connectivity index (χ1n) is 21.5. The third kappa shape index (κ3) is 13.4. The zero-order chi connectivity index (χ0) is 49.8. The molecule has 360 valence electrons. The molecular formula is C47H54ClN9O11. The van der Waals surface area contributed by atoms with Crippen LogP contribution >= 0.6 is 11.6 Å². The average molecular weight is 956 g/mol. The van der Waals surface area contributed by atoms with Gasteiger partial charge in [-0.15, -0.1) is 0 Å². The largest absolute Gasteiger partial charge is 0.507 e. The topological polar surface area (TPSA) is 339 Å². The average Bonchev–Trinajstić information content (AvgIpc) is 3.30. The van der Waals surface area contributed by atoms with E-state index in [0.717, 1.165) is 16.0 Å². The van der Waals surface area contributed by atoms with Gasteiger partial charge in [0.1, 0.15) is 41.8 Å². The zero-order valence-electron chi connectivity index (χ0n) is 37.2. The number of nitrogens with one attached hydrogen (secondary N) is 5. The Labute approximate surface area is 395 Å². The van der Waals surface area contributed by atoms with Crippen molar-refractivity contribution in [1.29, 1.82) is 0 Å². The van der Waals surface area contributed by atoms with Gasteiger partial charge in [-0.2, -0.15) is 0 Å². The minimum absolute atomic E-state index is 0.0338. The van der Waals surface area contributed by atoms with Crippen LogP contribution in [0.2, 0.25) is 5.02 Å². The quantitative estimate of drug-likeness (QED) is 0.0525. The number of phenolic OH excluding ortho intramolecular Hbond substituents is 2. The van der Waals surface area contributed by atoms with Crippen molar-refractivity contribution in [2.45, 2.75) is 81.9 Å². The Morgan fingerprint density at radius 1 is 0.779 bits per heavy atom. The van der Waals surface area contributed by atoms with E-state index in [0.29, 0.717) is 30.0 Å². The molecule has 0 aliphatic carbocycles. The van der Waals surface area contributed by atoms with Crippen LogP contribution in [-0.4, -0.2) is 111 Å². The fourth-order valence-corrected chi connectivity index (χ4v) is 7.50. The van der Waals surface area contributed by atoms with Crippen molar-refractivity contribution in [2.75, 3.05) is 13.6 Å². The predicted octanol–water partition coefficient (Wildman–Crippen LogP) is 1.29. The maximum Gasteiger partial charge on any atom is 0.341 e. The Bertz CT molecular complexity index is 2540. The van der Waals surface area contributed by atoms with Gasteiger partial charge in [-0.3, -0.25) is 33.6 Å². The first-order chi connectivity index (χ1) is 32.3. The predicted molar refractivity (Wildman–Crippen MR) is 249 cm³/mol. The van der Waals surface area contributed by atoms with Crippen LogP contribution in [0.3, 0.4) is 0 Å². The van der Waals surface area contributed by atoms with E-state index in [4.69, 9.17) is 33.9 Å².